The molecule has 0 bridgehead atoms. The van der Waals surface area contributed by atoms with Crippen molar-refractivity contribution in [1.82, 2.24) is 10.3 Å². The first-order chi connectivity index (χ1) is 10.1. The first-order valence-electron chi connectivity index (χ1n) is 7.26. The fourth-order valence-corrected chi connectivity index (χ4v) is 2.39. The van der Waals surface area contributed by atoms with Crippen molar-refractivity contribution in [3.8, 4) is 16.9 Å². The van der Waals surface area contributed by atoms with Crippen LogP contribution >= 0.6 is 0 Å². The zero-order valence-electron chi connectivity index (χ0n) is 12.5. The zero-order chi connectivity index (χ0) is 14.9. The smallest absolute Gasteiger partial charge is 0.138 e. The van der Waals surface area contributed by atoms with E-state index in [0.717, 1.165) is 28.3 Å². The minimum absolute atomic E-state index is 0.173. The summed E-state index contributed by atoms with van der Waals surface area (Å²) in [4.78, 5) is 4.45. The maximum Gasteiger partial charge on any atom is 0.138 e. The van der Waals surface area contributed by atoms with Crippen molar-refractivity contribution in [3.05, 3.63) is 42.2 Å². The second-order valence-corrected chi connectivity index (χ2v) is 5.75. The summed E-state index contributed by atoms with van der Waals surface area (Å²) in [6.07, 6.45) is 4.14. The molecule has 4 heteroatoms. The third kappa shape index (κ3) is 3.00. The Bertz CT molecular complexity index is 633. The molecule has 1 heterocycles. The van der Waals surface area contributed by atoms with Crippen LogP contribution in [-0.2, 0) is 0 Å². The average molecular weight is 283 g/mol. The van der Waals surface area contributed by atoms with Crippen LogP contribution < -0.4 is 15.8 Å². The van der Waals surface area contributed by atoms with E-state index in [1.807, 2.05) is 38.2 Å². The summed E-state index contributed by atoms with van der Waals surface area (Å²) in [6.45, 7) is 2.70. The Morgan fingerprint density at radius 2 is 2.00 bits per heavy atom. The lowest BCUT2D eigenvalue weighted by Crippen LogP contribution is -2.33. The van der Waals surface area contributed by atoms with Crippen LogP contribution in [0.15, 0.2) is 36.5 Å². The highest BCUT2D eigenvalue weighted by atomic mass is 16.5. The number of likely N-dealkylation sites (N-methyl/N-ethyl adjacent to an activating group) is 1. The molecule has 0 unspecified atom stereocenters. The monoisotopic (exact) mass is 283 g/mol. The number of aryl methyl sites for hydroxylation is 1. The van der Waals surface area contributed by atoms with E-state index >= 15 is 0 Å². The van der Waals surface area contributed by atoms with Crippen molar-refractivity contribution in [1.29, 1.82) is 0 Å². The molecule has 1 fully saturated rings. The fraction of sp³-hybridized carbons (Fsp3) is 0.353. The molecule has 3 N–H and O–H groups in total. The summed E-state index contributed by atoms with van der Waals surface area (Å²) in [5.41, 5.74) is 9.86. The molecule has 3 rings (SSSR count). The van der Waals surface area contributed by atoms with Gasteiger partial charge in [0.05, 0.1) is 11.7 Å². The highest BCUT2D eigenvalue weighted by molar-refractivity contribution is 5.68. The molecule has 21 heavy (non-hydrogen) atoms. The Labute approximate surface area is 125 Å². The molecule has 110 valence electrons. The van der Waals surface area contributed by atoms with Gasteiger partial charge in [0.15, 0.2) is 0 Å². The third-order valence-corrected chi connectivity index (χ3v) is 4.18. The first-order valence-corrected chi connectivity index (χ1v) is 7.26. The van der Waals surface area contributed by atoms with E-state index < -0.39 is 0 Å². The number of aromatic nitrogens is 1. The number of ether oxygens (including phenoxy) is 1. The van der Waals surface area contributed by atoms with E-state index in [2.05, 4.69) is 16.4 Å². The van der Waals surface area contributed by atoms with Gasteiger partial charge in [0, 0.05) is 16.9 Å². The van der Waals surface area contributed by atoms with Crippen LogP contribution in [0, 0.1) is 6.92 Å². The number of nitrogens with one attached hydrogen (secondary N) is 1. The van der Waals surface area contributed by atoms with Crippen molar-refractivity contribution in [2.45, 2.75) is 25.3 Å². The molecule has 0 saturated heterocycles. The van der Waals surface area contributed by atoms with E-state index in [1.54, 1.807) is 6.20 Å². The molecule has 0 spiro atoms. The predicted octanol–water partition coefficient (Wildman–Crippen LogP) is 2.77. The first kappa shape index (κ1) is 13.9. The van der Waals surface area contributed by atoms with E-state index in [-0.39, 0.29) is 5.54 Å². The van der Waals surface area contributed by atoms with Crippen molar-refractivity contribution < 1.29 is 4.74 Å². The summed E-state index contributed by atoms with van der Waals surface area (Å²) in [6, 6.07) is 9.89. The van der Waals surface area contributed by atoms with Crippen LogP contribution in [0.1, 0.15) is 18.5 Å². The Morgan fingerprint density at radius 3 is 2.62 bits per heavy atom. The molecule has 1 aliphatic carbocycles. The second kappa shape index (κ2) is 5.37. The van der Waals surface area contributed by atoms with Crippen LogP contribution in [0.3, 0.4) is 0 Å². The van der Waals surface area contributed by atoms with Gasteiger partial charge in [-0.3, -0.25) is 4.98 Å². The van der Waals surface area contributed by atoms with Crippen molar-refractivity contribution in [3.63, 3.8) is 0 Å². The molecule has 0 radical (unpaired) electrons. The summed E-state index contributed by atoms with van der Waals surface area (Å²) in [7, 11) is 1.99. The van der Waals surface area contributed by atoms with Crippen molar-refractivity contribution in [2.75, 3.05) is 19.4 Å². The molecule has 0 atom stereocenters. The Kier molecular flexibility index (Phi) is 3.55. The summed E-state index contributed by atoms with van der Waals surface area (Å²) >= 11 is 0. The van der Waals surface area contributed by atoms with E-state index in [1.165, 1.54) is 12.8 Å². The third-order valence-electron chi connectivity index (χ3n) is 4.18. The number of nitrogens with two attached hydrogens (primary N) is 1. The normalized spacial score (nSPS) is 15.7. The van der Waals surface area contributed by atoms with Gasteiger partial charge >= 0.3 is 0 Å². The summed E-state index contributed by atoms with van der Waals surface area (Å²) in [5, 5.41) is 3.33. The number of hydrogen-bond donors (Lipinski definition) is 2. The standard InChI is InChI=1S/C17H21N3O/c1-12-16(13-3-5-14(18)6-4-13)9-15(10-20-12)21-11-17(19-2)7-8-17/h3-6,9-10,19H,7-8,11,18H2,1-2H3. The molecular weight excluding hydrogens is 262 g/mol. The quantitative estimate of drug-likeness (QED) is 0.828. The largest absolute Gasteiger partial charge is 0.490 e. The molecule has 4 nitrogen and oxygen atoms in total. The van der Waals surface area contributed by atoms with Crippen LogP contribution in [0.5, 0.6) is 5.75 Å². The predicted molar refractivity (Wildman–Crippen MR) is 85.3 cm³/mol. The van der Waals surface area contributed by atoms with E-state index in [9.17, 15) is 0 Å². The topological polar surface area (TPSA) is 60.2 Å². The number of pyridine rings is 1. The lowest BCUT2D eigenvalue weighted by molar-refractivity contribution is 0.259. The van der Waals surface area contributed by atoms with Crippen molar-refractivity contribution in [2.24, 2.45) is 0 Å². The lowest BCUT2D eigenvalue weighted by Gasteiger charge is -2.16. The maximum atomic E-state index is 5.92. The Balaban J connectivity index is 1.81. The number of benzene rings is 1. The van der Waals surface area contributed by atoms with Crippen LogP contribution in [0.2, 0.25) is 0 Å². The fourth-order valence-electron chi connectivity index (χ4n) is 2.39. The highest BCUT2D eigenvalue weighted by Gasteiger charge is 2.41. The Hall–Kier alpha value is -2.07. The molecule has 1 aromatic carbocycles. The van der Waals surface area contributed by atoms with E-state index in [4.69, 9.17) is 10.5 Å². The molecule has 1 aromatic heterocycles. The van der Waals surface area contributed by atoms with Crippen molar-refractivity contribution >= 4 is 5.69 Å². The van der Waals surface area contributed by atoms with Crippen LogP contribution in [0.4, 0.5) is 5.69 Å². The number of rotatable bonds is 5. The van der Waals surface area contributed by atoms with Gasteiger partial charge in [0.25, 0.3) is 0 Å². The van der Waals surface area contributed by atoms with Gasteiger partial charge in [0.2, 0.25) is 0 Å². The molecule has 2 aromatic rings. The van der Waals surface area contributed by atoms with Gasteiger partial charge in [-0.25, -0.2) is 0 Å². The molecule has 0 amide bonds. The summed E-state index contributed by atoms with van der Waals surface area (Å²) in [5.74, 6) is 0.814. The van der Waals surface area contributed by atoms with Gasteiger partial charge in [-0.1, -0.05) is 12.1 Å². The van der Waals surface area contributed by atoms with Gasteiger partial charge < -0.3 is 15.8 Å². The maximum absolute atomic E-state index is 5.92. The SMILES string of the molecule is CNC1(COc2cnc(C)c(-c3ccc(N)cc3)c2)CC1. The number of nitrogens with zero attached hydrogens (tertiary/aromatic N) is 1. The molecule has 0 aliphatic heterocycles. The van der Waals surface area contributed by atoms with Crippen LogP contribution in [-0.4, -0.2) is 24.2 Å². The molecular formula is C17H21N3O. The van der Waals surface area contributed by atoms with Gasteiger partial charge in [0.1, 0.15) is 12.4 Å². The number of hydrogen-bond acceptors (Lipinski definition) is 4. The molecule has 1 saturated carbocycles. The minimum Gasteiger partial charge on any atom is -0.490 e. The van der Waals surface area contributed by atoms with Gasteiger partial charge in [-0.05, 0) is 50.6 Å². The second-order valence-electron chi connectivity index (χ2n) is 5.75. The average Bonchev–Trinajstić information content (AvgIpc) is 3.28. The highest BCUT2D eigenvalue weighted by Crippen LogP contribution is 2.35. The Morgan fingerprint density at radius 1 is 1.29 bits per heavy atom. The van der Waals surface area contributed by atoms with Gasteiger partial charge in [-0.15, -0.1) is 0 Å². The number of anilines is 1. The molecule has 1 aliphatic rings. The van der Waals surface area contributed by atoms with Crippen LogP contribution in [0.25, 0.3) is 11.1 Å². The zero-order valence-corrected chi connectivity index (χ0v) is 12.5. The lowest BCUT2D eigenvalue weighted by atomic mass is 10.0. The van der Waals surface area contributed by atoms with Gasteiger partial charge in [-0.2, -0.15) is 0 Å². The summed E-state index contributed by atoms with van der Waals surface area (Å²) < 4.78 is 5.92. The number of nitrogen functional groups attached to an aromatic ring is 1. The minimum atomic E-state index is 0.173. The van der Waals surface area contributed by atoms with E-state index in [0.29, 0.717) is 6.61 Å².